The summed E-state index contributed by atoms with van der Waals surface area (Å²) in [5.74, 6) is -0.735. The highest BCUT2D eigenvalue weighted by Gasteiger charge is 2.19. The third kappa shape index (κ3) is 6.06. The Morgan fingerprint density at radius 2 is 1.73 bits per heavy atom. The summed E-state index contributed by atoms with van der Waals surface area (Å²) in [6, 6.07) is 14.4. The summed E-state index contributed by atoms with van der Waals surface area (Å²) < 4.78 is 6.55. The van der Waals surface area contributed by atoms with Gasteiger partial charge in [0.05, 0.1) is 5.39 Å². The van der Waals surface area contributed by atoms with Gasteiger partial charge in [-0.25, -0.2) is 9.48 Å². The molecule has 0 aliphatic carbocycles. The lowest BCUT2D eigenvalue weighted by atomic mass is 9.99. The summed E-state index contributed by atoms with van der Waals surface area (Å²) in [7, 11) is 0. The monoisotopic (exact) mass is 449 g/mol. The molecule has 1 atom stereocenters. The van der Waals surface area contributed by atoms with Crippen molar-refractivity contribution in [2.24, 2.45) is 0 Å². The van der Waals surface area contributed by atoms with Gasteiger partial charge in [-0.3, -0.25) is 9.59 Å². The number of hydrogen-bond acceptors (Lipinski definition) is 5. The fourth-order valence-corrected chi connectivity index (χ4v) is 3.58. The number of unbranched alkanes of at least 4 members (excludes halogenated alkanes) is 2. The largest absolute Gasteiger partial charge is 0.451 e. The van der Waals surface area contributed by atoms with Crippen LogP contribution >= 0.6 is 0 Å². The summed E-state index contributed by atoms with van der Waals surface area (Å²) in [5, 5.41) is 7.82. The molecule has 1 heterocycles. The van der Waals surface area contributed by atoms with Crippen molar-refractivity contribution in [1.29, 1.82) is 0 Å². The Hall–Kier alpha value is -3.48. The van der Waals surface area contributed by atoms with Gasteiger partial charge < -0.3 is 10.1 Å². The molecule has 7 nitrogen and oxygen atoms in total. The number of amides is 1. The van der Waals surface area contributed by atoms with Crippen molar-refractivity contribution < 1.29 is 14.3 Å². The number of nitrogens with one attached hydrogen (secondary N) is 1. The molecule has 3 aromatic rings. The fourth-order valence-electron chi connectivity index (χ4n) is 3.58. The molecule has 0 bridgehead atoms. The lowest BCUT2D eigenvalue weighted by Crippen LogP contribution is -2.28. The topological polar surface area (TPSA) is 90.3 Å². The number of aryl methyl sites for hydroxylation is 1. The number of rotatable bonds is 10. The first-order valence-corrected chi connectivity index (χ1v) is 11.5. The van der Waals surface area contributed by atoms with Crippen LogP contribution in [0.25, 0.3) is 10.8 Å². The van der Waals surface area contributed by atoms with Gasteiger partial charge in [0.2, 0.25) is 0 Å². The van der Waals surface area contributed by atoms with E-state index >= 15 is 0 Å². The summed E-state index contributed by atoms with van der Waals surface area (Å²) in [6.07, 6.45) is 3.79. The molecule has 1 amide bonds. The average molecular weight is 450 g/mol. The standard InChI is InChI=1S/C26H31N3O4/c1-4-6-9-16-29-25(31)22-11-8-7-10-21(22)24(28-29)26(32)33-17-23(30)27-20-14-12-19(13-15-20)18(3)5-2/h7-8,10-15,18H,4-6,9,16-17H2,1-3H3,(H,27,30). The summed E-state index contributed by atoms with van der Waals surface area (Å²) in [6.45, 7) is 6.33. The minimum atomic E-state index is -0.738. The van der Waals surface area contributed by atoms with Gasteiger partial charge in [0.25, 0.3) is 11.5 Å². The third-order valence-electron chi connectivity index (χ3n) is 5.74. The van der Waals surface area contributed by atoms with E-state index in [0.717, 1.165) is 25.7 Å². The van der Waals surface area contributed by atoms with Gasteiger partial charge in [-0.15, -0.1) is 0 Å². The van der Waals surface area contributed by atoms with E-state index in [4.69, 9.17) is 4.74 Å². The molecule has 7 heteroatoms. The maximum Gasteiger partial charge on any atom is 0.359 e. The van der Waals surface area contributed by atoms with Crippen molar-refractivity contribution in [1.82, 2.24) is 9.78 Å². The number of benzene rings is 2. The number of carbonyl (C=O) groups is 2. The highest BCUT2D eigenvalue weighted by atomic mass is 16.5. The average Bonchev–Trinajstić information content (AvgIpc) is 2.84. The molecule has 0 aliphatic heterocycles. The van der Waals surface area contributed by atoms with E-state index in [0.29, 0.717) is 28.9 Å². The van der Waals surface area contributed by atoms with Gasteiger partial charge in [0.15, 0.2) is 12.3 Å². The Kier molecular flexibility index (Phi) is 8.35. The normalized spacial score (nSPS) is 11.8. The van der Waals surface area contributed by atoms with Crippen LogP contribution in [0.1, 0.15) is 68.4 Å². The predicted molar refractivity (Wildman–Crippen MR) is 130 cm³/mol. The second-order valence-electron chi connectivity index (χ2n) is 8.19. The molecule has 0 saturated carbocycles. The van der Waals surface area contributed by atoms with Crippen LogP contribution in [0.15, 0.2) is 53.3 Å². The molecule has 1 unspecified atom stereocenters. The van der Waals surface area contributed by atoms with Crippen molar-refractivity contribution in [3.63, 3.8) is 0 Å². The molecular weight excluding hydrogens is 418 g/mol. The molecule has 3 rings (SSSR count). The number of carbonyl (C=O) groups excluding carboxylic acids is 2. The fraction of sp³-hybridized carbons (Fsp3) is 0.385. The van der Waals surface area contributed by atoms with Crippen LogP contribution in [0.2, 0.25) is 0 Å². The summed E-state index contributed by atoms with van der Waals surface area (Å²) >= 11 is 0. The first-order valence-electron chi connectivity index (χ1n) is 11.5. The molecular formula is C26H31N3O4. The van der Waals surface area contributed by atoms with Crippen LogP contribution in [-0.4, -0.2) is 28.3 Å². The maximum absolute atomic E-state index is 12.8. The van der Waals surface area contributed by atoms with E-state index in [1.54, 1.807) is 24.3 Å². The molecule has 0 radical (unpaired) electrons. The Morgan fingerprint density at radius 1 is 1.03 bits per heavy atom. The highest BCUT2D eigenvalue weighted by molar-refractivity contribution is 6.03. The zero-order chi connectivity index (χ0) is 23.8. The second-order valence-corrected chi connectivity index (χ2v) is 8.19. The number of esters is 1. The van der Waals surface area contributed by atoms with Gasteiger partial charge in [-0.05, 0) is 42.5 Å². The first-order chi connectivity index (χ1) is 15.9. The number of ether oxygens (including phenoxy) is 1. The summed E-state index contributed by atoms with van der Waals surface area (Å²) in [5.41, 5.74) is 1.63. The molecule has 1 aromatic heterocycles. The zero-order valence-electron chi connectivity index (χ0n) is 19.5. The predicted octanol–water partition coefficient (Wildman–Crippen LogP) is 4.90. The van der Waals surface area contributed by atoms with E-state index in [9.17, 15) is 14.4 Å². The smallest absolute Gasteiger partial charge is 0.359 e. The number of fused-ring (bicyclic) bond motifs is 1. The lowest BCUT2D eigenvalue weighted by molar-refractivity contribution is -0.119. The third-order valence-corrected chi connectivity index (χ3v) is 5.74. The molecule has 0 spiro atoms. The minimum absolute atomic E-state index is 0.0346. The van der Waals surface area contributed by atoms with Crippen molar-refractivity contribution in [3.05, 3.63) is 70.1 Å². The van der Waals surface area contributed by atoms with Crippen LogP contribution in [0.5, 0.6) is 0 Å². The van der Waals surface area contributed by atoms with Gasteiger partial charge in [0, 0.05) is 17.6 Å². The van der Waals surface area contributed by atoms with E-state index in [2.05, 4.69) is 31.2 Å². The van der Waals surface area contributed by atoms with E-state index in [-0.39, 0.29) is 11.3 Å². The van der Waals surface area contributed by atoms with Gasteiger partial charge in [0.1, 0.15) is 0 Å². The van der Waals surface area contributed by atoms with Crippen LogP contribution in [0, 0.1) is 0 Å². The summed E-state index contributed by atoms with van der Waals surface area (Å²) in [4.78, 5) is 37.8. The first kappa shape index (κ1) is 24.2. The number of nitrogens with zero attached hydrogens (tertiary/aromatic N) is 2. The number of aromatic nitrogens is 2. The Morgan fingerprint density at radius 3 is 2.39 bits per heavy atom. The van der Waals surface area contributed by atoms with Crippen LogP contribution in [0.4, 0.5) is 5.69 Å². The Balaban J connectivity index is 1.70. The zero-order valence-corrected chi connectivity index (χ0v) is 19.5. The van der Waals surface area contributed by atoms with Crippen LogP contribution in [-0.2, 0) is 16.1 Å². The molecule has 0 saturated heterocycles. The van der Waals surface area contributed by atoms with Crippen molar-refractivity contribution in [2.45, 2.75) is 58.9 Å². The van der Waals surface area contributed by atoms with Crippen molar-refractivity contribution in [3.8, 4) is 0 Å². The Labute approximate surface area is 193 Å². The Bertz CT molecular complexity index is 1170. The van der Waals surface area contributed by atoms with Gasteiger partial charge in [-0.2, -0.15) is 5.10 Å². The SMILES string of the molecule is CCCCCn1nc(C(=O)OCC(=O)Nc2ccc(C(C)CC)cc2)c2ccccc2c1=O. The van der Waals surface area contributed by atoms with E-state index in [1.165, 1.54) is 10.2 Å². The van der Waals surface area contributed by atoms with Gasteiger partial charge in [-0.1, -0.05) is 63.9 Å². The molecule has 1 N–H and O–H groups in total. The van der Waals surface area contributed by atoms with Gasteiger partial charge >= 0.3 is 5.97 Å². The van der Waals surface area contributed by atoms with Crippen LogP contribution in [0.3, 0.4) is 0 Å². The maximum atomic E-state index is 12.8. The van der Waals surface area contributed by atoms with E-state index in [1.807, 2.05) is 24.3 Å². The molecule has 33 heavy (non-hydrogen) atoms. The molecule has 0 aliphatic rings. The van der Waals surface area contributed by atoms with Crippen LogP contribution < -0.4 is 10.9 Å². The molecule has 2 aromatic carbocycles. The second kappa shape index (κ2) is 11.4. The van der Waals surface area contributed by atoms with Crippen molar-refractivity contribution in [2.75, 3.05) is 11.9 Å². The number of anilines is 1. The van der Waals surface area contributed by atoms with Crippen molar-refractivity contribution >= 4 is 28.3 Å². The molecule has 174 valence electrons. The quantitative estimate of drug-likeness (QED) is 0.351. The number of hydrogen-bond donors (Lipinski definition) is 1. The lowest BCUT2D eigenvalue weighted by Gasteiger charge is -2.12. The molecule has 0 fully saturated rings. The highest BCUT2D eigenvalue weighted by Crippen LogP contribution is 2.20. The van der Waals surface area contributed by atoms with E-state index < -0.39 is 18.5 Å². The minimum Gasteiger partial charge on any atom is -0.451 e.